The van der Waals surface area contributed by atoms with Crippen LogP contribution < -0.4 is 5.30 Å². The number of aromatic nitrogens is 2. The smallest absolute Gasteiger partial charge is 0.167 e. The highest BCUT2D eigenvalue weighted by Crippen LogP contribution is 2.47. The third-order valence-corrected chi connectivity index (χ3v) is 7.92. The van der Waals surface area contributed by atoms with Crippen molar-refractivity contribution in [2.75, 3.05) is 66.7 Å². The summed E-state index contributed by atoms with van der Waals surface area (Å²) in [4.78, 5) is 6.88. The summed E-state index contributed by atoms with van der Waals surface area (Å²) in [6.07, 6.45) is 1.87. The first kappa shape index (κ1) is 21.4. The molecule has 2 fully saturated rings. The molecular formula is C21H31N6O2P. The lowest BCUT2D eigenvalue weighted by Crippen LogP contribution is -2.44. The first-order valence-corrected chi connectivity index (χ1v) is 11.7. The fourth-order valence-electron chi connectivity index (χ4n) is 3.72. The molecule has 2 aromatic rings. The Kier molecular flexibility index (Phi) is 7.12. The first-order valence-electron chi connectivity index (χ1n) is 10.5. The van der Waals surface area contributed by atoms with E-state index in [1.54, 1.807) is 0 Å². The summed E-state index contributed by atoms with van der Waals surface area (Å²) in [6.45, 7) is 8.89. The molecule has 0 aliphatic carbocycles. The molecule has 162 valence electrons. The topological polar surface area (TPSA) is 58.4 Å². The van der Waals surface area contributed by atoms with Gasteiger partial charge >= 0.3 is 0 Å². The molecule has 0 radical (unpaired) electrons. The van der Waals surface area contributed by atoms with Crippen LogP contribution in [0.1, 0.15) is 5.69 Å². The number of benzene rings is 1. The Morgan fingerprint density at radius 3 is 2.07 bits per heavy atom. The van der Waals surface area contributed by atoms with Crippen LogP contribution in [0.2, 0.25) is 0 Å². The molecule has 0 N–H and O–H groups in total. The highest BCUT2D eigenvalue weighted by atomic mass is 31.1. The van der Waals surface area contributed by atoms with Gasteiger partial charge in [-0.05, 0) is 19.1 Å². The maximum absolute atomic E-state index is 5.66. The molecule has 0 amide bonds. The average Bonchev–Trinajstić information content (AvgIpc) is 3.11. The Bertz CT molecular complexity index is 827. The molecule has 0 atom stereocenters. The second kappa shape index (κ2) is 9.98. The lowest BCUT2D eigenvalue weighted by Gasteiger charge is -2.42. The number of aliphatic imine (C=N–C) groups is 1. The van der Waals surface area contributed by atoms with Crippen LogP contribution >= 0.6 is 8.22 Å². The summed E-state index contributed by atoms with van der Waals surface area (Å²) < 4.78 is 18.4. The van der Waals surface area contributed by atoms with Crippen molar-refractivity contribution in [1.82, 2.24) is 24.0 Å². The van der Waals surface area contributed by atoms with Crippen LogP contribution in [0.25, 0.3) is 5.69 Å². The number of ether oxygens (including phenoxy) is 2. The molecule has 1 aromatic heterocycles. The van der Waals surface area contributed by atoms with Crippen molar-refractivity contribution in [3.8, 4) is 5.69 Å². The highest BCUT2D eigenvalue weighted by Gasteiger charge is 2.35. The van der Waals surface area contributed by atoms with Gasteiger partial charge in [-0.1, -0.05) is 18.2 Å². The molecule has 9 heteroatoms. The Hall–Kier alpha value is -1.83. The minimum Gasteiger partial charge on any atom is -0.379 e. The summed E-state index contributed by atoms with van der Waals surface area (Å²) in [5.74, 6) is 0.913. The third-order valence-electron chi connectivity index (χ3n) is 5.13. The summed E-state index contributed by atoms with van der Waals surface area (Å²) in [5.41, 5.74) is 2.06. The number of para-hydroxylation sites is 1. The van der Waals surface area contributed by atoms with Gasteiger partial charge in [-0.15, -0.1) is 0 Å². The van der Waals surface area contributed by atoms with E-state index in [0.717, 1.165) is 69.8 Å². The highest BCUT2D eigenvalue weighted by molar-refractivity contribution is 7.61. The van der Waals surface area contributed by atoms with Gasteiger partial charge in [0.25, 0.3) is 0 Å². The van der Waals surface area contributed by atoms with Crippen molar-refractivity contribution in [3.05, 3.63) is 36.0 Å². The van der Waals surface area contributed by atoms with Crippen LogP contribution in [-0.4, -0.2) is 97.1 Å². The Morgan fingerprint density at radius 1 is 0.967 bits per heavy atom. The predicted octanol–water partition coefficient (Wildman–Crippen LogP) is 2.00. The van der Waals surface area contributed by atoms with E-state index in [1.165, 1.54) is 5.30 Å². The van der Waals surface area contributed by atoms with Crippen LogP contribution in [0.4, 0.5) is 5.82 Å². The Morgan fingerprint density at radius 2 is 1.53 bits per heavy atom. The molecular weight excluding hydrogens is 399 g/mol. The van der Waals surface area contributed by atoms with E-state index in [-0.39, 0.29) is 0 Å². The van der Waals surface area contributed by atoms with E-state index >= 15 is 0 Å². The van der Waals surface area contributed by atoms with Crippen LogP contribution in [0.15, 0.2) is 35.3 Å². The maximum Gasteiger partial charge on any atom is 0.167 e. The van der Waals surface area contributed by atoms with Crippen molar-refractivity contribution in [2.24, 2.45) is 4.99 Å². The molecule has 0 unspecified atom stereocenters. The van der Waals surface area contributed by atoms with E-state index < -0.39 is 8.22 Å². The van der Waals surface area contributed by atoms with Gasteiger partial charge in [-0.25, -0.2) is 9.67 Å². The average molecular weight is 430 g/mol. The fraction of sp³-hybridized carbons (Fsp3) is 0.524. The molecule has 1 aromatic carbocycles. The predicted molar refractivity (Wildman–Crippen MR) is 121 cm³/mol. The standard InChI is InChI=1S/C21H31N6O2P/c1-18-20(30(25-9-13-28-14-10-25)26-11-15-29-16-12-26)21(22-17-24(2)3)27(23-18)19-7-5-4-6-8-19/h4-8,17H,9-16H2,1-3H3. The minimum absolute atomic E-state index is 0.743. The molecule has 2 saturated heterocycles. The van der Waals surface area contributed by atoms with Gasteiger partial charge in [0.05, 0.1) is 57.7 Å². The molecule has 0 bridgehead atoms. The third kappa shape index (κ3) is 4.74. The van der Waals surface area contributed by atoms with E-state index in [0.29, 0.717) is 0 Å². The van der Waals surface area contributed by atoms with E-state index in [2.05, 4.69) is 28.4 Å². The number of rotatable bonds is 6. The van der Waals surface area contributed by atoms with Gasteiger partial charge in [0.2, 0.25) is 0 Å². The SMILES string of the molecule is Cc1nn(-c2ccccc2)c(N=CN(C)C)c1P(N1CCOCC1)N1CCOCC1. The summed E-state index contributed by atoms with van der Waals surface area (Å²) >= 11 is 0. The van der Waals surface area contributed by atoms with Gasteiger partial charge in [0.1, 0.15) is 0 Å². The second-order valence-corrected chi connectivity index (χ2v) is 9.79. The molecule has 3 heterocycles. The zero-order valence-electron chi connectivity index (χ0n) is 18.1. The zero-order chi connectivity index (χ0) is 20.9. The lowest BCUT2D eigenvalue weighted by molar-refractivity contribution is 0.0593. The number of morpholine rings is 2. The van der Waals surface area contributed by atoms with Gasteiger partial charge in [0, 0.05) is 40.3 Å². The maximum atomic E-state index is 5.66. The molecule has 30 heavy (non-hydrogen) atoms. The molecule has 0 saturated carbocycles. The van der Waals surface area contributed by atoms with Crippen molar-refractivity contribution in [2.45, 2.75) is 6.92 Å². The summed E-state index contributed by atoms with van der Waals surface area (Å²) in [6, 6.07) is 10.3. The van der Waals surface area contributed by atoms with Crippen LogP contribution in [-0.2, 0) is 9.47 Å². The van der Waals surface area contributed by atoms with E-state index in [4.69, 9.17) is 19.6 Å². The largest absolute Gasteiger partial charge is 0.379 e. The number of aryl methyl sites for hydroxylation is 1. The number of hydrogen-bond acceptors (Lipinski definition) is 6. The monoisotopic (exact) mass is 430 g/mol. The lowest BCUT2D eigenvalue weighted by atomic mass is 10.3. The summed E-state index contributed by atoms with van der Waals surface area (Å²) in [5, 5.41) is 6.19. The molecule has 8 nitrogen and oxygen atoms in total. The van der Waals surface area contributed by atoms with Crippen LogP contribution in [0.5, 0.6) is 0 Å². The molecule has 0 spiro atoms. The molecule has 4 rings (SSSR count). The van der Waals surface area contributed by atoms with Crippen molar-refractivity contribution in [1.29, 1.82) is 0 Å². The Labute approximate surface area is 179 Å². The number of nitrogens with zero attached hydrogens (tertiary/aromatic N) is 6. The molecule has 2 aliphatic rings. The van der Waals surface area contributed by atoms with Crippen molar-refractivity contribution >= 4 is 25.7 Å². The normalized spacial score (nSPS) is 19.1. The Balaban J connectivity index is 1.83. The van der Waals surface area contributed by atoms with Crippen molar-refractivity contribution < 1.29 is 9.47 Å². The fourth-order valence-corrected chi connectivity index (χ4v) is 6.40. The second-order valence-electron chi connectivity index (χ2n) is 7.63. The minimum atomic E-state index is -0.743. The van der Waals surface area contributed by atoms with Gasteiger partial charge in [-0.3, -0.25) is 9.34 Å². The quantitative estimate of drug-likeness (QED) is 0.397. The van der Waals surface area contributed by atoms with Crippen LogP contribution in [0, 0.1) is 6.92 Å². The van der Waals surface area contributed by atoms with E-state index in [1.807, 2.05) is 48.2 Å². The van der Waals surface area contributed by atoms with E-state index in [9.17, 15) is 0 Å². The first-order chi connectivity index (χ1) is 14.6. The van der Waals surface area contributed by atoms with Crippen molar-refractivity contribution in [3.63, 3.8) is 0 Å². The van der Waals surface area contributed by atoms with Gasteiger partial charge in [-0.2, -0.15) is 5.10 Å². The zero-order valence-corrected chi connectivity index (χ0v) is 19.0. The van der Waals surface area contributed by atoms with Gasteiger partial charge < -0.3 is 14.4 Å². The molecule has 2 aliphatic heterocycles. The van der Waals surface area contributed by atoms with Gasteiger partial charge in [0.15, 0.2) is 5.82 Å². The van der Waals surface area contributed by atoms with Crippen LogP contribution in [0.3, 0.4) is 0 Å². The number of hydrogen-bond donors (Lipinski definition) is 0. The summed E-state index contributed by atoms with van der Waals surface area (Å²) in [7, 11) is 3.24.